The molecule has 0 spiro atoms. The van der Waals surface area contributed by atoms with E-state index in [2.05, 4.69) is 22.4 Å². The first-order valence-electron chi connectivity index (χ1n) is 6.83. The van der Waals surface area contributed by atoms with Gasteiger partial charge >= 0.3 is 0 Å². The Bertz CT molecular complexity index is 628. The maximum atomic E-state index is 12.2. The largest absolute Gasteiger partial charge is 0.304 e. The highest BCUT2D eigenvalue weighted by molar-refractivity contribution is 5.92. The van der Waals surface area contributed by atoms with Gasteiger partial charge in [-0.1, -0.05) is 6.07 Å². The molecule has 0 aliphatic carbocycles. The maximum Gasteiger partial charge on any atom is 0.285 e. The molecule has 1 fully saturated rings. The Balaban J connectivity index is 1.74. The number of hydrazine groups is 1. The summed E-state index contributed by atoms with van der Waals surface area (Å²) in [6.45, 7) is 5.61. The van der Waals surface area contributed by atoms with Crippen LogP contribution < -0.4 is 5.43 Å². The fourth-order valence-corrected chi connectivity index (χ4v) is 2.38. The molecule has 0 bridgehead atoms. The molecule has 0 saturated carbocycles. The Morgan fingerprint density at radius 3 is 2.70 bits per heavy atom. The molecule has 20 heavy (non-hydrogen) atoms. The van der Waals surface area contributed by atoms with E-state index in [-0.39, 0.29) is 5.91 Å². The molecule has 6 heteroatoms. The van der Waals surface area contributed by atoms with Crippen LogP contribution in [0.3, 0.4) is 0 Å². The zero-order valence-corrected chi connectivity index (χ0v) is 11.8. The Hall–Kier alpha value is -1.92. The van der Waals surface area contributed by atoms with Crippen LogP contribution in [0.1, 0.15) is 16.2 Å². The summed E-state index contributed by atoms with van der Waals surface area (Å²) < 4.78 is 1.93. The SMILES string of the molecule is Cc1cccc2nc(C(=O)NN3CCN(C)CC3)cn12. The van der Waals surface area contributed by atoms with Crippen LogP contribution in [0.25, 0.3) is 5.65 Å². The van der Waals surface area contributed by atoms with E-state index in [1.54, 1.807) is 6.20 Å². The molecular weight excluding hydrogens is 254 g/mol. The summed E-state index contributed by atoms with van der Waals surface area (Å²) in [4.78, 5) is 18.8. The van der Waals surface area contributed by atoms with E-state index in [0.717, 1.165) is 37.5 Å². The van der Waals surface area contributed by atoms with Crippen molar-refractivity contribution in [2.75, 3.05) is 33.2 Å². The lowest BCUT2D eigenvalue weighted by molar-refractivity contribution is 0.0658. The summed E-state index contributed by atoms with van der Waals surface area (Å²) in [7, 11) is 2.09. The summed E-state index contributed by atoms with van der Waals surface area (Å²) in [6.07, 6.45) is 1.79. The van der Waals surface area contributed by atoms with E-state index in [1.807, 2.05) is 34.5 Å². The van der Waals surface area contributed by atoms with E-state index < -0.39 is 0 Å². The minimum absolute atomic E-state index is 0.141. The number of imidazole rings is 1. The fraction of sp³-hybridized carbons (Fsp3) is 0.429. The monoisotopic (exact) mass is 273 g/mol. The fourth-order valence-electron chi connectivity index (χ4n) is 2.38. The van der Waals surface area contributed by atoms with E-state index >= 15 is 0 Å². The topological polar surface area (TPSA) is 52.9 Å². The summed E-state index contributed by atoms with van der Waals surface area (Å²) in [5, 5.41) is 1.96. The predicted molar refractivity (Wildman–Crippen MR) is 76.5 cm³/mol. The average molecular weight is 273 g/mol. The number of hydrogen-bond acceptors (Lipinski definition) is 4. The molecule has 0 atom stereocenters. The van der Waals surface area contributed by atoms with Crippen molar-refractivity contribution in [3.8, 4) is 0 Å². The molecule has 2 aromatic heterocycles. The highest BCUT2D eigenvalue weighted by atomic mass is 16.2. The maximum absolute atomic E-state index is 12.2. The number of aryl methyl sites for hydroxylation is 1. The Morgan fingerprint density at radius 1 is 1.25 bits per heavy atom. The number of fused-ring (bicyclic) bond motifs is 1. The molecule has 1 saturated heterocycles. The van der Waals surface area contributed by atoms with Crippen molar-refractivity contribution in [1.29, 1.82) is 0 Å². The predicted octanol–water partition coefficient (Wildman–Crippen LogP) is 0.535. The van der Waals surface area contributed by atoms with Gasteiger partial charge in [0.2, 0.25) is 0 Å². The van der Waals surface area contributed by atoms with Crippen molar-refractivity contribution in [1.82, 2.24) is 24.7 Å². The molecule has 0 radical (unpaired) electrons. The molecule has 0 aromatic carbocycles. The number of hydrogen-bond donors (Lipinski definition) is 1. The molecule has 3 rings (SSSR count). The van der Waals surface area contributed by atoms with Gasteiger partial charge in [0.15, 0.2) is 0 Å². The number of aromatic nitrogens is 2. The van der Waals surface area contributed by atoms with Gasteiger partial charge in [0.1, 0.15) is 11.3 Å². The van der Waals surface area contributed by atoms with Gasteiger partial charge in [-0.2, -0.15) is 0 Å². The average Bonchev–Trinajstić information content (AvgIpc) is 2.87. The van der Waals surface area contributed by atoms with Crippen molar-refractivity contribution >= 4 is 11.6 Å². The molecule has 1 amide bonds. The minimum atomic E-state index is -0.141. The quantitative estimate of drug-likeness (QED) is 0.867. The zero-order valence-electron chi connectivity index (χ0n) is 11.8. The number of pyridine rings is 1. The second kappa shape index (κ2) is 5.22. The van der Waals surface area contributed by atoms with Crippen LogP contribution in [0.5, 0.6) is 0 Å². The van der Waals surface area contributed by atoms with Crippen LogP contribution in [0.2, 0.25) is 0 Å². The molecule has 2 aromatic rings. The first-order chi connectivity index (χ1) is 9.63. The van der Waals surface area contributed by atoms with Gasteiger partial charge in [-0.3, -0.25) is 10.2 Å². The highest BCUT2D eigenvalue weighted by Crippen LogP contribution is 2.08. The summed E-state index contributed by atoms with van der Waals surface area (Å²) in [6, 6.07) is 5.84. The number of rotatable bonds is 2. The standard InChI is InChI=1S/C14H19N5O/c1-11-4-3-5-13-15-12(10-19(11)13)14(20)16-18-8-6-17(2)7-9-18/h3-5,10H,6-9H2,1-2H3,(H,16,20). The lowest BCUT2D eigenvalue weighted by Gasteiger charge is -2.32. The van der Waals surface area contributed by atoms with Gasteiger partial charge in [0.25, 0.3) is 5.91 Å². The van der Waals surface area contributed by atoms with Crippen LogP contribution in [-0.4, -0.2) is 58.4 Å². The molecule has 1 aliphatic rings. The number of amides is 1. The Kier molecular flexibility index (Phi) is 3.42. The summed E-state index contributed by atoms with van der Waals surface area (Å²) in [5.74, 6) is -0.141. The van der Waals surface area contributed by atoms with Crippen molar-refractivity contribution in [2.24, 2.45) is 0 Å². The summed E-state index contributed by atoms with van der Waals surface area (Å²) >= 11 is 0. The van der Waals surface area contributed by atoms with Crippen LogP contribution in [0.4, 0.5) is 0 Å². The lowest BCUT2D eigenvalue weighted by atomic mass is 10.4. The van der Waals surface area contributed by atoms with Gasteiger partial charge in [0.05, 0.1) is 0 Å². The van der Waals surface area contributed by atoms with Gasteiger partial charge in [-0.05, 0) is 26.1 Å². The number of nitrogens with one attached hydrogen (secondary N) is 1. The Labute approximate surface area is 118 Å². The molecule has 3 heterocycles. The Morgan fingerprint density at radius 2 is 2.00 bits per heavy atom. The zero-order chi connectivity index (χ0) is 14.1. The van der Waals surface area contributed by atoms with Crippen molar-refractivity contribution in [3.63, 3.8) is 0 Å². The second-order valence-corrected chi connectivity index (χ2v) is 5.25. The third-order valence-corrected chi connectivity index (χ3v) is 3.69. The molecule has 1 aliphatic heterocycles. The normalized spacial score (nSPS) is 17.5. The lowest BCUT2D eigenvalue weighted by Crippen LogP contribution is -2.52. The summed E-state index contributed by atoms with van der Waals surface area (Å²) in [5.41, 5.74) is 5.25. The smallest absolute Gasteiger partial charge is 0.285 e. The molecule has 1 N–H and O–H groups in total. The molecule has 0 unspecified atom stereocenters. The third kappa shape index (κ3) is 2.52. The molecule has 106 valence electrons. The van der Waals surface area contributed by atoms with Crippen molar-refractivity contribution in [2.45, 2.75) is 6.92 Å². The van der Waals surface area contributed by atoms with Crippen LogP contribution in [0, 0.1) is 6.92 Å². The van der Waals surface area contributed by atoms with E-state index in [0.29, 0.717) is 5.69 Å². The van der Waals surface area contributed by atoms with Gasteiger partial charge in [-0.15, -0.1) is 0 Å². The van der Waals surface area contributed by atoms with E-state index in [4.69, 9.17) is 0 Å². The van der Waals surface area contributed by atoms with Crippen molar-refractivity contribution < 1.29 is 4.79 Å². The second-order valence-electron chi connectivity index (χ2n) is 5.25. The molecular formula is C14H19N5O. The first-order valence-corrected chi connectivity index (χ1v) is 6.83. The number of carbonyl (C=O) groups is 1. The number of carbonyl (C=O) groups excluding carboxylic acids is 1. The number of nitrogens with zero attached hydrogens (tertiary/aromatic N) is 4. The van der Waals surface area contributed by atoms with E-state index in [9.17, 15) is 4.79 Å². The van der Waals surface area contributed by atoms with Gasteiger partial charge in [-0.25, -0.2) is 9.99 Å². The van der Waals surface area contributed by atoms with Crippen LogP contribution in [-0.2, 0) is 0 Å². The number of piperazine rings is 1. The number of likely N-dealkylation sites (N-methyl/N-ethyl adjacent to an activating group) is 1. The highest BCUT2D eigenvalue weighted by Gasteiger charge is 2.18. The molecule has 6 nitrogen and oxygen atoms in total. The van der Waals surface area contributed by atoms with E-state index in [1.165, 1.54) is 0 Å². The van der Waals surface area contributed by atoms with Crippen molar-refractivity contribution in [3.05, 3.63) is 35.8 Å². The minimum Gasteiger partial charge on any atom is -0.304 e. The van der Waals surface area contributed by atoms with Crippen LogP contribution >= 0.6 is 0 Å². The first kappa shape index (κ1) is 13.1. The third-order valence-electron chi connectivity index (χ3n) is 3.69. The van der Waals surface area contributed by atoms with Crippen LogP contribution in [0.15, 0.2) is 24.4 Å². The van der Waals surface area contributed by atoms with Gasteiger partial charge < -0.3 is 9.30 Å². The van der Waals surface area contributed by atoms with Gasteiger partial charge in [0, 0.05) is 38.1 Å².